The van der Waals surface area contributed by atoms with Crippen molar-refractivity contribution >= 4 is 16.6 Å². The molecule has 0 amide bonds. The molecule has 0 saturated carbocycles. The number of fused-ring (bicyclic) bond motifs is 3. The monoisotopic (exact) mass is 371 g/mol. The van der Waals surface area contributed by atoms with Crippen LogP contribution in [0.3, 0.4) is 0 Å². The van der Waals surface area contributed by atoms with Crippen LogP contribution in [-0.2, 0) is 6.54 Å². The van der Waals surface area contributed by atoms with E-state index in [4.69, 9.17) is 0 Å². The minimum atomic E-state index is -0.299. The Morgan fingerprint density at radius 1 is 0.964 bits per heavy atom. The first-order chi connectivity index (χ1) is 13.7. The van der Waals surface area contributed by atoms with E-state index in [1.54, 1.807) is 46.0 Å². The van der Waals surface area contributed by atoms with Crippen molar-refractivity contribution in [1.82, 2.24) is 24.1 Å². The Hall–Kier alpha value is -3.87. The predicted molar refractivity (Wildman–Crippen MR) is 103 cm³/mol. The predicted octanol–water partition coefficient (Wildman–Crippen LogP) is 3.29. The first kappa shape index (κ1) is 16.3. The second kappa shape index (κ2) is 6.38. The molecule has 0 aliphatic rings. The number of hydrogen-bond donors (Lipinski definition) is 0. The molecule has 0 spiro atoms. The molecule has 0 bridgehead atoms. The molecule has 4 aromatic heterocycles. The van der Waals surface area contributed by atoms with E-state index in [1.807, 2.05) is 24.3 Å². The number of aromatic nitrogens is 5. The van der Waals surface area contributed by atoms with E-state index in [0.717, 1.165) is 16.8 Å². The second-order valence-electron chi connectivity index (χ2n) is 6.43. The molecule has 0 aliphatic carbocycles. The van der Waals surface area contributed by atoms with Gasteiger partial charge in [0.15, 0.2) is 5.65 Å². The molecule has 1 aromatic carbocycles. The molecule has 7 heteroatoms. The van der Waals surface area contributed by atoms with E-state index in [1.165, 1.54) is 12.1 Å². The van der Waals surface area contributed by atoms with Gasteiger partial charge in [-0.25, -0.2) is 13.9 Å². The van der Waals surface area contributed by atoms with Crippen LogP contribution < -0.4 is 5.56 Å². The Morgan fingerprint density at radius 3 is 2.61 bits per heavy atom. The lowest BCUT2D eigenvalue weighted by Gasteiger charge is -2.08. The number of halogens is 1. The van der Waals surface area contributed by atoms with E-state index in [2.05, 4.69) is 15.1 Å². The second-order valence-corrected chi connectivity index (χ2v) is 6.43. The fraction of sp³-hybridized carbons (Fsp3) is 0.0476. The van der Waals surface area contributed by atoms with Gasteiger partial charge in [-0.1, -0.05) is 18.2 Å². The lowest BCUT2D eigenvalue weighted by molar-refractivity contribution is 0.628. The highest BCUT2D eigenvalue weighted by atomic mass is 19.1. The van der Waals surface area contributed by atoms with Crippen molar-refractivity contribution in [2.45, 2.75) is 6.54 Å². The third kappa shape index (κ3) is 2.64. The summed E-state index contributed by atoms with van der Waals surface area (Å²) in [4.78, 5) is 21.6. The highest BCUT2D eigenvalue weighted by Gasteiger charge is 2.13. The van der Waals surface area contributed by atoms with Gasteiger partial charge >= 0.3 is 0 Å². The number of nitrogens with zero attached hydrogens (tertiary/aromatic N) is 5. The Kier molecular flexibility index (Phi) is 3.72. The zero-order chi connectivity index (χ0) is 19.1. The fourth-order valence-electron chi connectivity index (χ4n) is 3.28. The molecule has 0 aliphatic heterocycles. The third-order valence-corrected chi connectivity index (χ3v) is 4.68. The van der Waals surface area contributed by atoms with E-state index < -0.39 is 0 Å². The Balaban J connectivity index is 1.64. The summed E-state index contributed by atoms with van der Waals surface area (Å²) < 4.78 is 16.5. The van der Waals surface area contributed by atoms with Crippen molar-refractivity contribution in [1.29, 1.82) is 0 Å². The lowest BCUT2D eigenvalue weighted by atomic mass is 10.1. The van der Waals surface area contributed by atoms with Crippen molar-refractivity contribution in [3.8, 4) is 11.1 Å². The van der Waals surface area contributed by atoms with Crippen LogP contribution in [0.1, 0.15) is 5.69 Å². The van der Waals surface area contributed by atoms with E-state index in [9.17, 15) is 9.18 Å². The Morgan fingerprint density at radius 2 is 1.82 bits per heavy atom. The highest BCUT2D eigenvalue weighted by molar-refractivity contribution is 5.84. The maximum absolute atomic E-state index is 13.2. The normalized spacial score (nSPS) is 11.3. The van der Waals surface area contributed by atoms with E-state index in [-0.39, 0.29) is 11.4 Å². The molecule has 0 saturated heterocycles. The van der Waals surface area contributed by atoms with Crippen molar-refractivity contribution in [2.24, 2.45) is 0 Å². The summed E-state index contributed by atoms with van der Waals surface area (Å²) in [6, 6.07) is 13.6. The van der Waals surface area contributed by atoms with Crippen LogP contribution in [-0.4, -0.2) is 24.1 Å². The van der Waals surface area contributed by atoms with Gasteiger partial charge < -0.3 is 4.57 Å². The minimum Gasteiger partial charge on any atom is -0.309 e. The maximum Gasteiger partial charge on any atom is 0.261 e. The smallest absolute Gasteiger partial charge is 0.261 e. The minimum absolute atomic E-state index is 0.156. The average Bonchev–Trinajstić information content (AvgIpc) is 3.16. The summed E-state index contributed by atoms with van der Waals surface area (Å²) in [6.45, 7) is 0.383. The van der Waals surface area contributed by atoms with Crippen LogP contribution in [0.4, 0.5) is 4.39 Å². The van der Waals surface area contributed by atoms with Gasteiger partial charge in [-0.3, -0.25) is 9.78 Å². The van der Waals surface area contributed by atoms with Gasteiger partial charge in [-0.2, -0.15) is 5.10 Å². The topological polar surface area (TPSA) is 65.1 Å². The molecule has 136 valence electrons. The van der Waals surface area contributed by atoms with E-state index in [0.29, 0.717) is 23.1 Å². The molecular formula is C21H14FN5O. The summed E-state index contributed by atoms with van der Waals surface area (Å²) >= 11 is 0. The summed E-state index contributed by atoms with van der Waals surface area (Å²) in [5, 5.41) is 4.87. The van der Waals surface area contributed by atoms with Gasteiger partial charge in [-0.05, 0) is 35.9 Å². The van der Waals surface area contributed by atoms with Gasteiger partial charge in [0.25, 0.3) is 5.56 Å². The van der Waals surface area contributed by atoms with Crippen LogP contribution >= 0.6 is 0 Å². The van der Waals surface area contributed by atoms with Crippen molar-refractivity contribution in [3.05, 3.63) is 95.2 Å². The molecule has 0 radical (unpaired) electrons. The number of pyridine rings is 2. The quantitative estimate of drug-likeness (QED) is 0.488. The molecule has 0 unspecified atom stereocenters. The molecule has 0 atom stereocenters. The molecule has 5 aromatic rings. The molecule has 0 fully saturated rings. The standard InChI is InChI=1S/C21H14FN5O/c22-15-6-4-14(5-7-15)17-12-25-27-19-8-10-26(13-16-3-1-2-9-23-16)21(28)18(19)11-24-20(17)27/h1-12H,13H2. The van der Waals surface area contributed by atoms with Crippen LogP contribution in [0.25, 0.3) is 27.7 Å². The molecule has 4 heterocycles. The van der Waals surface area contributed by atoms with Crippen LogP contribution in [0.5, 0.6) is 0 Å². The van der Waals surface area contributed by atoms with E-state index >= 15 is 0 Å². The highest BCUT2D eigenvalue weighted by Crippen LogP contribution is 2.25. The van der Waals surface area contributed by atoms with Gasteiger partial charge in [0.2, 0.25) is 0 Å². The van der Waals surface area contributed by atoms with Crippen LogP contribution in [0.15, 0.2) is 78.1 Å². The number of rotatable bonds is 3. The Labute approximate surface area is 158 Å². The summed E-state index contributed by atoms with van der Waals surface area (Å²) in [5.41, 5.74) is 3.51. The van der Waals surface area contributed by atoms with Gasteiger partial charge in [-0.15, -0.1) is 0 Å². The maximum atomic E-state index is 13.2. The third-order valence-electron chi connectivity index (χ3n) is 4.68. The Bertz CT molecular complexity index is 1360. The lowest BCUT2D eigenvalue weighted by Crippen LogP contribution is -2.21. The zero-order valence-electron chi connectivity index (χ0n) is 14.7. The van der Waals surface area contributed by atoms with Crippen LogP contribution in [0.2, 0.25) is 0 Å². The average molecular weight is 371 g/mol. The zero-order valence-corrected chi connectivity index (χ0v) is 14.7. The molecule has 5 rings (SSSR count). The summed E-state index contributed by atoms with van der Waals surface area (Å²) in [7, 11) is 0. The SMILES string of the molecule is O=c1c2cnc3c(-c4ccc(F)cc4)cnn3c2ccn1Cc1ccccn1. The number of hydrogen-bond acceptors (Lipinski definition) is 4. The molecule has 6 nitrogen and oxygen atoms in total. The first-order valence-electron chi connectivity index (χ1n) is 8.72. The largest absolute Gasteiger partial charge is 0.309 e. The molecule has 28 heavy (non-hydrogen) atoms. The van der Waals surface area contributed by atoms with Crippen molar-refractivity contribution < 1.29 is 4.39 Å². The fourth-order valence-corrected chi connectivity index (χ4v) is 3.28. The van der Waals surface area contributed by atoms with Gasteiger partial charge in [0, 0.05) is 24.2 Å². The number of benzene rings is 1. The first-order valence-corrected chi connectivity index (χ1v) is 8.72. The van der Waals surface area contributed by atoms with Crippen molar-refractivity contribution in [3.63, 3.8) is 0 Å². The van der Waals surface area contributed by atoms with Crippen molar-refractivity contribution in [2.75, 3.05) is 0 Å². The molecule has 0 N–H and O–H groups in total. The van der Waals surface area contributed by atoms with Gasteiger partial charge in [0.1, 0.15) is 5.82 Å². The molecular weight excluding hydrogens is 357 g/mol. The van der Waals surface area contributed by atoms with Gasteiger partial charge in [0.05, 0.1) is 29.3 Å². The summed E-state index contributed by atoms with van der Waals surface area (Å²) in [6.07, 6.45) is 6.68. The van der Waals surface area contributed by atoms with Crippen LogP contribution in [0, 0.1) is 5.82 Å². The summed E-state index contributed by atoms with van der Waals surface area (Å²) in [5.74, 6) is -0.299.